The number of benzene rings is 2. The van der Waals surface area contributed by atoms with E-state index in [4.69, 9.17) is 0 Å². The van der Waals surface area contributed by atoms with E-state index in [1.807, 2.05) is 6.07 Å². The zero-order valence-electron chi connectivity index (χ0n) is 10.3. The highest BCUT2D eigenvalue weighted by Gasteiger charge is 2.01. The van der Waals surface area contributed by atoms with Gasteiger partial charge in [-0.2, -0.15) is 0 Å². The van der Waals surface area contributed by atoms with Crippen LogP contribution in [0.1, 0.15) is 18.9 Å². The molecule has 0 aliphatic carbocycles. The lowest BCUT2D eigenvalue weighted by Gasteiger charge is -2.15. The van der Waals surface area contributed by atoms with E-state index in [1.54, 1.807) is 0 Å². The van der Waals surface area contributed by atoms with Gasteiger partial charge >= 0.3 is 0 Å². The first-order valence-electron chi connectivity index (χ1n) is 6.20. The highest BCUT2D eigenvalue weighted by molar-refractivity contribution is 5.43. The summed E-state index contributed by atoms with van der Waals surface area (Å²) in [6.45, 7) is 2.23. The van der Waals surface area contributed by atoms with Crippen molar-refractivity contribution in [3.8, 4) is 0 Å². The minimum Gasteiger partial charge on any atom is -0.383 e. The van der Waals surface area contributed by atoms with Crippen molar-refractivity contribution >= 4 is 5.69 Å². The highest BCUT2D eigenvalue weighted by atomic mass is 14.9. The van der Waals surface area contributed by atoms with E-state index in [1.165, 1.54) is 11.3 Å². The van der Waals surface area contributed by atoms with Crippen LogP contribution in [-0.2, 0) is 6.42 Å². The normalized spacial score (nSPS) is 12.1. The number of anilines is 1. The van der Waals surface area contributed by atoms with Crippen molar-refractivity contribution < 1.29 is 0 Å². The number of hydrogen-bond acceptors (Lipinski definition) is 1. The maximum atomic E-state index is 3.51. The Kier molecular flexibility index (Phi) is 4.20. The van der Waals surface area contributed by atoms with Crippen molar-refractivity contribution in [2.75, 3.05) is 5.32 Å². The van der Waals surface area contributed by atoms with E-state index in [0.717, 1.165) is 12.8 Å². The Bertz CT molecular complexity index is 422. The summed E-state index contributed by atoms with van der Waals surface area (Å²) in [5.41, 5.74) is 2.61. The van der Waals surface area contributed by atoms with Crippen molar-refractivity contribution in [1.82, 2.24) is 0 Å². The molecule has 88 valence electrons. The second kappa shape index (κ2) is 6.09. The van der Waals surface area contributed by atoms with Crippen LogP contribution in [0.4, 0.5) is 5.69 Å². The van der Waals surface area contributed by atoms with Gasteiger partial charge in [0.05, 0.1) is 0 Å². The zero-order chi connectivity index (χ0) is 11.9. The smallest absolute Gasteiger partial charge is 0.0342 e. The second-order valence-electron chi connectivity index (χ2n) is 4.44. The summed E-state index contributed by atoms with van der Waals surface area (Å²) in [6, 6.07) is 21.5. The molecule has 1 nitrogen and oxygen atoms in total. The third kappa shape index (κ3) is 3.95. The largest absolute Gasteiger partial charge is 0.383 e. The molecule has 0 amide bonds. The van der Waals surface area contributed by atoms with Crippen LogP contribution in [0, 0.1) is 0 Å². The summed E-state index contributed by atoms with van der Waals surface area (Å²) < 4.78 is 0. The van der Waals surface area contributed by atoms with Gasteiger partial charge in [-0.05, 0) is 37.5 Å². The molecule has 2 aromatic carbocycles. The Labute approximate surface area is 103 Å². The molecular formula is C16H19N. The van der Waals surface area contributed by atoms with Gasteiger partial charge in [-0.3, -0.25) is 0 Å². The number of nitrogens with one attached hydrogen (secondary N) is 1. The Morgan fingerprint density at radius 2 is 1.47 bits per heavy atom. The fraction of sp³-hybridized carbons (Fsp3) is 0.250. The summed E-state index contributed by atoms with van der Waals surface area (Å²) in [4.78, 5) is 0. The van der Waals surface area contributed by atoms with Gasteiger partial charge in [0.25, 0.3) is 0 Å². The quantitative estimate of drug-likeness (QED) is 0.807. The Morgan fingerprint density at radius 3 is 2.12 bits per heavy atom. The third-order valence-corrected chi connectivity index (χ3v) is 2.90. The van der Waals surface area contributed by atoms with Gasteiger partial charge in [0.2, 0.25) is 0 Å². The molecule has 0 unspecified atom stereocenters. The van der Waals surface area contributed by atoms with Crippen LogP contribution in [0.3, 0.4) is 0 Å². The molecular weight excluding hydrogens is 206 g/mol. The molecule has 0 aliphatic heterocycles. The molecule has 0 bridgehead atoms. The van der Waals surface area contributed by atoms with Crippen LogP contribution in [0.2, 0.25) is 0 Å². The number of para-hydroxylation sites is 1. The average Bonchev–Trinajstić information content (AvgIpc) is 2.39. The fourth-order valence-electron chi connectivity index (χ4n) is 1.92. The van der Waals surface area contributed by atoms with Crippen LogP contribution in [-0.4, -0.2) is 6.04 Å². The molecule has 1 heteroatoms. The molecule has 0 radical (unpaired) electrons. The predicted molar refractivity (Wildman–Crippen MR) is 74.3 cm³/mol. The first-order valence-corrected chi connectivity index (χ1v) is 6.20. The molecule has 0 fully saturated rings. The van der Waals surface area contributed by atoms with E-state index in [2.05, 4.69) is 66.8 Å². The maximum Gasteiger partial charge on any atom is 0.0342 e. The van der Waals surface area contributed by atoms with Crippen LogP contribution < -0.4 is 5.32 Å². The van der Waals surface area contributed by atoms with E-state index >= 15 is 0 Å². The van der Waals surface area contributed by atoms with Crippen molar-refractivity contribution in [3.63, 3.8) is 0 Å². The van der Waals surface area contributed by atoms with Gasteiger partial charge in [-0.25, -0.2) is 0 Å². The summed E-state index contributed by atoms with van der Waals surface area (Å²) in [7, 11) is 0. The Hall–Kier alpha value is -1.76. The van der Waals surface area contributed by atoms with Crippen molar-refractivity contribution in [3.05, 3.63) is 66.2 Å². The molecule has 17 heavy (non-hydrogen) atoms. The van der Waals surface area contributed by atoms with Gasteiger partial charge in [0.15, 0.2) is 0 Å². The molecule has 0 spiro atoms. The molecule has 0 heterocycles. The minimum atomic E-state index is 0.498. The van der Waals surface area contributed by atoms with Crippen molar-refractivity contribution in [1.29, 1.82) is 0 Å². The number of rotatable bonds is 5. The monoisotopic (exact) mass is 225 g/mol. The van der Waals surface area contributed by atoms with Crippen LogP contribution in [0.25, 0.3) is 0 Å². The standard InChI is InChI=1S/C16H19N/c1-14(17-16-10-6-3-7-11-16)12-13-15-8-4-2-5-9-15/h2-11,14,17H,12-13H2,1H3/t14-/m1/s1. The van der Waals surface area contributed by atoms with Crippen molar-refractivity contribution in [2.45, 2.75) is 25.8 Å². The van der Waals surface area contributed by atoms with Gasteiger partial charge < -0.3 is 5.32 Å². The van der Waals surface area contributed by atoms with Crippen LogP contribution >= 0.6 is 0 Å². The molecule has 2 aromatic rings. The van der Waals surface area contributed by atoms with E-state index in [-0.39, 0.29) is 0 Å². The molecule has 1 N–H and O–H groups in total. The third-order valence-electron chi connectivity index (χ3n) is 2.90. The second-order valence-corrected chi connectivity index (χ2v) is 4.44. The molecule has 0 saturated carbocycles. The molecule has 2 rings (SSSR count). The summed E-state index contributed by atoms with van der Waals surface area (Å²) in [5.74, 6) is 0. The van der Waals surface area contributed by atoms with Crippen molar-refractivity contribution in [2.24, 2.45) is 0 Å². The summed E-state index contributed by atoms with van der Waals surface area (Å²) in [6.07, 6.45) is 2.28. The first-order chi connectivity index (χ1) is 8.34. The molecule has 0 aromatic heterocycles. The predicted octanol–water partition coefficient (Wildman–Crippen LogP) is 4.12. The van der Waals surface area contributed by atoms with E-state index in [0.29, 0.717) is 6.04 Å². The van der Waals surface area contributed by atoms with E-state index < -0.39 is 0 Å². The lowest BCUT2D eigenvalue weighted by Crippen LogP contribution is -2.15. The van der Waals surface area contributed by atoms with E-state index in [9.17, 15) is 0 Å². The van der Waals surface area contributed by atoms with Gasteiger partial charge in [-0.15, -0.1) is 0 Å². The number of aryl methyl sites for hydroxylation is 1. The van der Waals surface area contributed by atoms with Crippen LogP contribution in [0.15, 0.2) is 60.7 Å². The van der Waals surface area contributed by atoms with Gasteiger partial charge in [-0.1, -0.05) is 48.5 Å². The first kappa shape index (κ1) is 11.7. The lowest BCUT2D eigenvalue weighted by molar-refractivity contribution is 0.706. The maximum absolute atomic E-state index is 3.51. The van der Waals surface area contributed by atoms with Gasteiger partial charge in [0.1, 0.15) is 0 Å². The van der Waals surface area contributed by atoms with Gasteiger partial charge in [0, 0.05) is 11.7 Å². The Morgan fingerprint density at radius 1 is 0.882 bits per heavy atom. The average molecular weight is 225 g/mol. The summed E-state index contributed by atoms with van der Waals surface area (Å²) in [5, 5.41) is 3.51. The molecule has 0 saturated heterocycles. The van der Waals surface area contributed by atoms with Crippen LogP contribution in [0.5, 0.6) is 0 Å². The highest BCUT2D eigenvalue weighted by Crippen LogP contribution is 2.11. The number of hydrogen-bond donors (Lipinski definition) is 1. The molecule has 1 atom stereocenters. The fourth-order valence-corrected chi connectivity index (χ4v) is 1.92. The lowest BCUT2D eigenvalue weighted by atomic mass is 10.1. The summed E-state index contributed by atoms with van der Waals surface area (Å²) >= 11 is 0. The molecule has 0 aliphatic rings. The Balaban J connectivity index is 1.80. The minimum absolute atomic E-state index is 0.498. The SMILES string of the molecule is C[C@H](CCc1ccccc1)Nc1ccccc1. The zero-order valence-corrected chi connectivity index (χ0v) is 10.3. The topological polar surface area (TPSA) is 12.0 Å².